The van der Waals surface area contributed by atoms with Crippen molar-refractivity contribution in [1.82, 2.24) is 0 Å². The van der Waals surface area contributed by atoms with E-state index in [0.29, 0.717) is 0 Å². The minimum absolute atomic E-state index is 0.365. The lowest BCUT2D eigenvalue weighted by Gasteiger charge is -2.18. The molecule has 0 saturated carbocycles. The van der Waals surface area contributed by atoms with Crippen molar-refractivity contribution in [2.24, 2.45) is 0 Å². The van der Waals surface area contributed by atoms with Gasteiger partial charge in [0.2, 0.25) is 0 Å². The number of carboxylic acid groups (broad SMARTS) is 1. The van der Waals surface area contributed by atoms with Gasteiger partial charge in [0.05, 0.1) is 29.7 Å². The number of phenolic OH excluding ortho intramolecular Hbond substituents is 2. The third-order valence-corrected chi connectivity index (χ3v) is 2.34. The standard InChI is InChI=1S/C11H11NO6/c12-2-1-6(13)10(16)9-7(14)3-5(11(17)18)4-8(9)15/h3-4,6,10,13-16H,1H2,(H,17,18). The molecule has 7 heteroatoms. The summed E-state index contributed by atoms with van der Waals surface area (Å²) in [5, 5.41) is 55.1. The van der Waals surface area contributed by atoms with Gasteiger partial charge in [0, 0.05) is 0 Å². The van der Waals surface area contributed by atoms with Gasteiger partial charge in [-0.25, -0.2) is 4.79 Å². The molecule has 1 aromatic rings. The molecule has 0 amide bonds. The highest BCUT2D eigenvalue weighted by atomic mass is 16.4. The average molecular weight is 253 g/mol. The Morgan fingerprint density at radius 2 is 1.78 bits per heavy atom. The summed E-state index contributed by atoms with van der Waals surface area (Å²) < 4.78 is 0. The van der Waals surface area contributed by atoms with Gasteiger partial charge in [-0.05, 0) is 12.1 Å². The summed E-state index contributed by atoms with van der Waals surface area (Å²) in [6.45, 7) is 0. The number of nitriles is 1. The maximum absolute atomic E-state index is 10.6. The molecule has 0 aliphatic rings. The van der Waals surface area contributed by atoms with Crippen LogP contribution in [-0.2, 0) is 0 Å². The first kappa shape index (κ1) is 13.8. The second-order valence-electron chi connectivity index (χ2n) is 3.61. The largest absolute Gasteiger partial charge is 0.507 e. The number of benzene rings is 1. The third-order valence-electron chi connectivity index (χ3n) is 2.34. The van der Waals surface area contributed by atoms with Gasteiger partial charge < -0.3 is 25.5 Å². The quantitative estimate of drug-likeness (QED) is 0.512. The maximum Gasteiger partial charge on any atom is 0.335 e. The molecule has 0 spiro atoms. The summed E-state index contributed by atoms with van der Waals surface area (Å²) in [6, 6.07) is 3.29. The highest BCUT2D eigenvalue weighted by Gasteiger charge is 2.25. The molecule has 96 valence electrons. The number of nitrogens with zero attached hydrogens (tertiary/aromatic N) is 1. The van der Waals surface area contributed by atoms with Crippen molar-refractivity contribution in [3.05, 3.63) is 23.3 Å². The number of hydrogen-bond acceptors (Lipinski definition) is 6. The monoisotopic (exact) mass is 253 g/mol. The molecule has 5 N–H and O–H groups in total. The summed E-state index contributed by atoms with van der Waals surface area (Å²) in [5.41, 5.74) is -0.779. The fraction of sp³-hybridized carbons (Fsp3) is 0.273. The Hall–Kier alpha value is -2.30. The van der Waals surface area contributed by atoms with Gasteiger partial charge >= 0.3 is 5.97 Å². The molecule has 18 heavy (non-hydrogen) atoms. The fourth-order valence-electron chi connectivity index (χ4n) is 1.45. The molecule has 0 aliphatic heterocycles. The number of phenols is 2. The van der Waals surface area contributed by atoms with Gasteiger partial charge in [0.1, 0.15) is 17.6 Å². The predicted octanol–water partition coefficient (Wildman–Crippen LogP) is 0.104. The van der Waals surface area contributed by atoms with E-state index in [9.17, 15) is 25.2 Å². The number of carbonyl (C=O) groups is 1. The second-order valence-corrected chi connectivity index (χ2v) is 3.61. The zero-order valence-corrected chi connectivity index (χ0v) is 9.11. The van der Waals surface area contributed by atoms with Crippen molar-refractivity contribution in [1.29, 1.82) is 5.26 Å². The van der Waals surface area contributed by atoms with Crippen molar-refractivity contribution >= 4 is 5.97 Å². The Labute approximate surface area is 102 Å². The van der Waals surface area contributed by atoms with E-state index in [4.69, 9.17) is 10.4 Å². The van der Waals surface area contributed by atoms with E-state index < -0.39 is 41.7 Å². The van der Waals surface area contributed by atoms with Gasteiger partial charge in [0.15, 0.2) is 0 Å². The fourth-order valence-corrected chi connectivity index (χ4v) is 1.45. The SMILES string of the molecule is N#CCC(O)C(O)c1c(O)cc(C(=O)O)cc1O. The minimum Gasteiger partial charge on any atom is -0.507 e. The van der Waals surface area contributed by atoms with Crippen molar-refractivity contribution < 1.29 is 30.3 Å². The van der Waals surface area contributed by atoms with E-state index in [1.165, 1.54) is 0 Å². The third kappa shape index (κ3) is 2.68. The topological polar surface area (TPSA) is 142 Å². The summed E-state index contributed by atoms with van der Waals surface area (Å²) in [4.78, 5) is 10.6. The summed E-state index contributed by atoms with van der Waals surface area (Å²) >= 11 is 0. The molecule has 7 nitrogen and oxygen atoms in total. The molecular formula is C11H11NO6. The smallest absolute Gasteiger partial charge is 0.335 e. The first-order chi connectivity index (χ1) is 8.38. The number of aromatic carboxylic acids is 1. The summed E-state index contributed by atoms with van der Waals surface area (Å²) in [7, 11) is 0. The zero-order valence-electron chi connectivity index (χ0n) is 9.11. The number of rotatable bonds is 4. The minimum atomic E-state index is -1.69. The Morgan fingerprint density at radius 1 is 1.28 bits per heavy atom. The van der Waals surface area contributed by atoms with E-state index in [1.807, 2.05) is 0 Å². The average Bonchev–Trinajstić information content (AvgIpc) is 2.27. The summed E-state index contributed by atoms with van der Waals surface area (Å²) in [5.74, 6) is -2.70. The molecular weight excluding hydrogens is 242 g/mol. The number of aliphatic hydroxyl groups excluding tert-OH is 2. The van der Waals surface area contributed by atoms with Crippen molar-refractivity contribution in [3.8, 4) is 17.6 Å². The van der Waals surface area contributed by atoms with E-state index in [2.05, 4.69) is 0 Å². The van der Waals surface area contributed by atoms with Crippen LogP contribution in [0.25, 0.3) is 0 Å². The van der Waals surface area contributed by atoms with Gasteiger partial charge in [-0.1, -0.05) is 0 Å². The first-order valence-corrected chi connectivity index (χ1v) is 4.90. The van der Waals surface area contributed by atoms with Crippen molar-refractivity contribution in [2.45, 2.75) is 18.6 Å². The molecule has 0 radical (unpaired) electrons. The van der Waals surface area contributed by atoms with Gasteiger partial charge in [-0.15, -0.1) is 0 Å². The van der Waals surface area contributed by atoms with E-state index in [-0.39, 0.29) is 5.56 Å². The Kier molecular flexibility index (Phi) is 4.09. The lowest BCUT2D eigenvalue weighted by atomic mass is 9.98. The summed E-state index contributed by atoms with van der Waals surface area (Å²) in [6.07, 6.45) is -3.59. The normalized spacial score (nSPS) is 13.6. The van der Waals surface area contributed by atoms with Gasteiger partial charge in [0.25, 0.3) is 0 Å². The van der Waals surface area contributed by atoms with Crippen LogP contribution in [0.1, 0.15) is 28.4 Å². The molecule has 2 atom stereocenters. The molecule has 0 bridgehead atoms. The van der Waals surface area contributed by atoms with Crippen LogP contribution in [-0.4, -0.2) is 37.6 Å². The van der Waals surface area contributed by atoms with Crippen LogP contribution < -0.4 is 0 Å². The Balaban J connectivity index is 3.18. The first-order valence-electron chi connectivity index (χ1n) is 4.90. The highest BCUT2D eigenvalue weighted by Crippen LogP contribution is 2.36. The van der Waals surface area contributed by atoms with Gasteiger partial charge in [-0.3, -0.25) is 0 Å². The van der Waals surface area contributed by atoms with E-state index in [0.717, 1.165) is 12.1 Å². The predicted molar refractivity (Wildman–Crippen MR) is 57.9 cm³/mol. The Morgan fingerprint density at radius 3 is 2.17 bits per heavy atom. The van der Waals surface area contributed by atoms with Crippen LogP contribution >= 0.6 is 0 Å². The van der Waals surface area contributed by atoms with E-state index in [1.54, 1.807) is 6.07 Å². The number of hydrogen-bond donors (Lipinski definition) is 5. The number of carboxylic acids is 1. The van der Waals surface area contributed by atoms with Gasteiger partial charge in [-0.2, -0.15) is 5.26 Å². The lowest BCUT2D eigenvalue weighted by Crippen LogP contribution is -2.18. The van der Waals surface area contributed by atoms with Crippen molar-refractivity contribution in [3.63, 3.8) is 0 Å². The van der Waals surface area contributed by atoms with Crippen LogP contribution in [0.5, 0.6) is 11.5 Å². The molecule has 0 aromatic heterocycles. The molecule has 0 aliphatic carbocycles. The van der Waals surface area contributed by atoms with Crippen LogP contribution in [0, 0.1) is 11.3 Å². The molecule has 1 rings (SSSR count). The lowest BCUT2D eigenvalue weighted by molar-refractivity contribution is 0.0188. The van der Waals surface area contributed by atoms with Crippen molar-refractivity contribution in [2.75, 3.05) is 0 Å². The molecule has 0 heterocycles. The molecule has 1 aromatic carbocycles. The van der Waals surface area contributed by atoms with Crippen LogP contribution in [0.15, 0.2) is 12.1 Å². The van der Waals surface area contributed by atoms with E-state index >= 15 is 0 Å². The zero-order chi connectivity index (χ0) is 13.9. The molecule has 0 fully saturated rings. The number of aliphatic hydroxyl groups is 2. The van der Waals surface area contributed by atoms with Crippen LogP contribution in [0.3, 0.4) is 0 Å². The number of aromatic hydroxyl groups is 2. The second kappa shape index (κ2) is 5.35. The Bertz CT molecular complexity index is 484. The van der Waals surface area contributed by atoms with Crippen LogP contribution in [0.2, 0.25) is 0 Å². The van der Waals surface area contributed by atoms with Crippen LogP contribution in [0.4, 0.5) is 0 Å². The highest BCUT2D eigenvalue weighted by molar-refractivity contribution is 5.89. The molecule has 0 saturated heterocycles. The molecule has 2 unspecified atom stereocenters. The maximum atomic E-state index is 10.6.